The summed E-state index contributed by atoms with van der Waals surface area (Å²) < 4.78 is 0. The molecule has 6 heteroatoms. The van der Waals surface area contributed by atoms with Gasteiger partial charge in [0.25, 0.3) is 0 Å². The van der Waals surface area contributed by atoms with E-state index in [1.54, 1.807) is 0 Å². The summed E-state index contributed by atoms with van der Waals surface area (Å²) in [6, 6.07) is 13.1. The Bertz CT molecular complexity index is 797. The molecular weight excluding hydrogens is 266 g/mol. The van der Waals surface area contributed by atoms with Gasteiger partial charge in [-0.15, -0.1) is 0 Å². The molecule has 4 N–H and O–H groups in total. The van der Waals surface area contributed by atoms with Crippen LogP contribution in [0.5, 0.6) is 0 Å². The lowest BCUT2D eigenvalue weighted by Crippen LogP contribution is -2.20. The average Bonchev–Trinajstić information content (AvgIpc) is 2.47. The minimum Gasteiger partial charge on any atom is -0.382 e. The zero-order chi connectivity index (χ0) is 14.7. The smallest absolute Gasteiger partial charge is 0.324 e. The lowest BCUT2D eigenvalue weighted by molar-refractivity contribution is 0.262. The maximum atomic E-state index is 12.0. The van der Waals surface area contributed by atoms with Crippen molar-refractivity contribution in [2.45, 2.75) is 0 Å². The Balaban J connectivity index is 1.80. The van der Waals surface area contributed by atoms with Gasteiger partial charge in [-0.3, -0.25) is 10.3 Å². The summed E-state index contributed by atoms with van der Waals surface area (Å²) in [4.78, 5) is 19.8. The van der Waals surface area contributed by atoms with Crippen LogP contribution >= 0.6 is 0 Å². The Hall–Kier alpha value is -3.15. The van der Waals surface area contributed by atoms with Crippen LogP contribution in [0.25, 0.3) is 10.8 Å². The van der Waals surface area contributed by atoms with Gasteiger partial charge >= 0.3 is 6.03 Å². The largest absolute Gasteiger partial charge is 0.382 e. The molecule has 0 fully saturated rings. The van der Waals surface area contributed by atoms with E-state index in [1.807, 2.05) is 42.5 Å². The maximum Gasteiger partial charge on any atom is 0.324 e. The fourth-order valence-electron chi connectivity index (χ4n) is 2.05. The van der Waals surface area contributed by atoms with Crippen LogP contribution in [0.4, 0.5) is 22.1 Å². The number of nitrogens with one attached hydrogen (secondary N) is 2. The zero-order valence-corrected chi connectivity index (χ0v) is 11.1. The SMILES string of the molecule is Nc1cncc(NC(=O)Nc2cccc3ccccc23)n1. The van der Waals surface area contributed by atoms with Crippen molar-refractivity contribution in [3.8, 4) is 0 Å². The molecule has 1 aromatic heterocycles. The highest BCUT2D eigenvalue weighted by Crippen LogP contribution is 2.23. The van der Waals surface area contributed by atoms with Crippen LogP contribution in [0.15, 0.2) is 54.9 Å². The van der Waals surface area contributed by atoms with Crippen LogP contribution < -0.4 is 16.4 Å². The van der Waals surface area contributed by atoms with Gasteiger partial charge in [-0.25, -0.2) is 9.78 Å². The molecule has 0 aliphatic heterocycles. The fourth-order valence-corrected chi connectivity index (χ4v) is 2.05. The van der Waals surface area contributed by atoms with Crippen LogP contribution in [0.3, 0.4) is 0 Å². The molecule has 0 aliphatic rings. The maximum absolute atomic E-state index is 12.0. The standard InChI is InChI=1S/C15H13N5O/c16-13-8-17-9-14(19-13)20-15(21)18-12-7-3-5-10-4-1-2-6-11(10)12/h1-9H,(H4,16,18,19,20,21). The molecule has 1 heterocycles. The number of hydrogen-bond donors (Lipinski definition) is 3. The summed E-state index contributed by atoms with van der Waals surface area (Å²) in [5.41, 5.74) is 6.24. The molecule has 0 bridgehead atoms. The molecule has 0 saturated carbocycles. The fraction of sp³-hybridized carbons (Fsp3) is 0. The molecule has 2 amide bonds. The summed E-state index contributed by atoms with van der Waals surface area (Å²) in [5.74, 6) is 0.547. The van der Waals surface area contributed by atoms with Gasteiger partial charge in [0.2, 0.25) is 0 Å². The third-order valence-electron chi connectivity index (χ3n) is 2.93. The van der Waals surface area contributed by atoms with Gasteiger partial charge in [-0.2, -0.15) is 0 Å². The number of carbonyl (C=O) groups is 1. The molecule has 104 valence electrons. The topological polar surface area (TPSA) is 92.9 Å². The van der Waals surface area contributed by atoms with Crippen LogP contribution in [0.1, 0.15) is 0 Å². The van der Waals surface area contributed by atoms with Crippen LogP contribution in [-0.2, 0) is 0 Å². The van der Waals surface area contributed by atoms with Crippen LogP contribution in [0, 0.1) is 0 Å². The second kappa shape index (κ2) is 5.46. The van der Waals surface area contributed by atoms with Gasteiger partial charge < -0.3 is 11.1 Å². The summed E-state index contributed by atoms with van der Waals surface area (Å²) in [5, 5.41) is 7.41. The molecule has 21 heavy (non-hydrogen) atoms. The highest BCUT2D eigenvalue weighted by molar-refractivity contribution is 6.05. The highest BCUT2D eigenvalue weighted by atomic mass is 16.2. The monoisotopic (exact) mass is 279 g/mol. The summed E-state index contributed by atoms with van der Waals surface area (Å²) in [6.45, 7) is 0. The van der Waals surface area contributed by atoms with Gasteiger partial charge in [0.15, 0.2) is 5.82 Å². The van der Waals surface area contributed by atoms with Gasteiger partial charge in [-0.05, 0) is 11.5 Å². The van der Waals surface area contributed by atoms with Crippen molar-refractivity contribution in [3.63, 3.8) is 0 Å². The lowest BCUT2D eigenvalue weighted by atomic mass is 10.1. The highest BCUT2D eigenvalue weighted by Gasteiger charge is 2.06. The number of amides is 2. The third kappa shape index (κ3) is 2.89. The third-order valence-corrected chi connectivity index (χ3v) is 2.93. The molecular formula is C15H13N5O. The molecule has 0 saturated heterocycles. The van der Waals surface area contributed by atoms with Crippen LogP contribution in [-0.4, -0.2) is 16.0 Å². The number of fused-ring (bicyclic) bond motifs is 1. The number of anilines is 3. The van der Waals surface area contributed by atoms with Crippen molar-refractivity contribution in [1.29, 1.82) is 0 Å². The van der Waals surface area contributed by atoms with E-state index in [0.29, 0.717) is 5.82 Å². The van der Waals surface area contributed by atoms with Crippen LogP contribution in [0.2, 0.25) is 0 Å². The first-order valence-electron chi connectivity index (χ1n) is 6.36. The number of carbonyl (C=O) groups excluding carboxylic acids is 1. The average molecular weight is 279 g/mol. The van der Waals surface area contributed by atoms with E-state index in [2.05, 4.69) is 20.6 Å². The Kier molecular flexibility index (Phi) is 3.34. The van der Waals surface area contributed by atoms with E-state index in [4.69, 9.17) is 5.73 Å². The Labute approximate surface area is 121 Å². The van der Waals surface area contributed by atoms with Gasteiger partial charge in [0.1, 0.15) is 5.82 Å². The molecule has 0 aliphatic carbocycles. The van der Waals surface area contributed by atoms with Gasteiger partial charge in [0.05, 0.1) is 18.1 Å². The lowest BCUT2D eigenvalue weighted by Gasteiger charge is -2.09. The minimum atomic E-state index is -0.397. The van der Waals surface area contributed by atoms with Crippen molar-refractivity contribution in [2.24, 2.45) is 0 Å². The first kappa shape index (κ1) is 12.9. The summed E-state index contributed by atoms with van der Waals surface area (Å²) >= 11 is 0. The Morgan fingerprint density at radius 2 is 1.81 bits per heavy atom. The Morgan fingerprint density at radius 1 is 1.00 bits per heavy atom. The summed E-state index contributed by atoms with van der Waals surface area (Å²) in [7, 11) is 0. The number of urea groups is 1. The van der Waals surface area contributed by atoms with Crippen molar-refractivity contribution in [2.75, 3.05) is 16.4 Å². The molecule has 0 radical (unpaired) electrons. The molecule has 3 rings (SSSR count). The number of nitrogens with two attached hydrogens (primary N) is 1. The van der Waals surface area contributed by atoms with Crippen molar-refractivity contribution >= 4 is 34.1 Å². The molecule has 6 nitrogen and oxygen atoms in total. The normalized spacial score (nSPS) is 10.3. The van der Waals surface area contributed by atoms with Crippen molar-refractivity contribution in [3.05, 3.63) is 54.9 Å². The quantitative estimate of drug-likeness (QED) is 0.672. The molecule has 2 aromatic carbocycles. The first-order chi connectivity index (χ1) is 10.2. The van der Waals surface area contributed by atoms with E-state index in [0.717, 1.165) is 16.5 Å². The zero-order valence-electron chi connectivity index (χ0n) is 11.1. The molecule has 0 atom stereocenters. The number of nitrogens with zero attached hydrogens (tertiary/aromatic N) is 2. The second-order valence-corrected chi connectivity index (χ2v) is 4.44. The molecule has 3 aromatic rings. The van der Waals surface area contributed by atoms with Crippen molar-refractivity contribution < 1.29 is 4.79 Å². The molecule has 0 spiro atoms. The van der Waals surface area contributed by atoms with E-state index in [1.165, 1.54) is 12.4 Å². The van der Waals surface area contributed by atoms with E-state index < -0.39 is 6.03 Å². The number of benzene rings is 2. The number of nitrogen functional groups attached to an aromatic ring is 1. The predicted octanol–water partition coefficient (Wildman–Crippen LogP) is 2.86. The second-order valence-electron chi connectivity index (χ2n) is 4.44. The number of aromatic nitrogens is 2. The minimum absolute atomic E-state index is 0.248. The van der Waals surface area contributed by atoms with E-state index >= 15 is 0 Å². The van der Waals surface area contributed by atoms with E-state index in [-0.39, 0.29) is 5.82 Å². The first-order valence-corrected chi connectivity index (χ1v) is 6.36. The van der Waals surface area contributed by atoms with E-state index in [9.17, 15) is 4.79 Å². The number of hydrogen-bond acceptors (Lipinski definition) is 4. The Morgan fingerprint density at radius 3 is 2.67 bits per heavy atom. The summed E-state index contributed by atoms with van der Waals surface area (Å²) in [6.07, 6.45) is 2.84. The van der Waals surface area contributed by atoms with Gasteiger partial charge in [0, 0.05) is 5.39 Å². The van der Waals surface area contributed by atoms with Crippen molar-refractivity contribution in [1.82, 2.24) is 9.97 Å². The molecule has 0 unspecified atom stereocenters. The predicted molar refractivity (Wildman–Crippen MR) is 83.0 cm³/mol. The number of rotatable bonds is 2. The van der Waals surface area contributed by atoms with Gasteiger partial charge in [-0.1, -0.05) is 36.4 Å².